The van der Waals surface area contributed by atoms with Gasteiger partial charge in [-0.15, -0.1) is 0 Å². The Labute approximate surface area is 193 Å². The number of aliphatic hydroxyl groups excluding tert-OH is 1. The second-order valence-electron chi connectivity index (χ2n) is 6.56. The van der Waals surface area contributed by atoms with Crippen molar-refractivity contribution in [2.45, 2.75) is 0 Å². The molecule has 0 bridgehead atoms. The highest BCUT2D eigenvalue weighted by atomic mass is 16.5. The first-order chi connectivity index (χ1) is 15.9. The van der Waals surface area contributed by atoms with Gasteiger partial charge in [0.25, 0.3) is 0 Å². The Bertz CT molecular complexity index is 1020. The highest BCUT2D eigenvalue weighted by Crippen LogP contribution is 2.39. The molecule has 2 rings (SSSR count). The first-order valence-electron chi connectivity index (χ1n) is 9.81. The summed E-state index contributed by atoms with van der Waals surface area (Å²) in [6.07, 6.45) is 7.02. The maximum Gasteiger partial charge on any atom is 0.203 e. The molecule has 0 aliphatic rings. The minimum absolute atomic E-state index is 0.219. The second-order valence-corrected chi connectivity index (χ2v) is 6.56. The van der Waals surface area contributed by atoms with Crippen molar-refractivity contribution in [2.75, 3.05) is 42.7 Å². The lowest BCUT2D eigenvalue weighted by Crippen LogP contribution is -1.96. The molecule has 0 spiro atoms. The number of aliphatic hydroxyl groups is 1. The van der Waals surface area contributed by atoms with Gasteiger partial charge < -0.3 is 33.5 Å². The van der Waals surface area contributed by atoms with Crippen LogP contribution >= 0.6 is 0 Å². The Kier molecular flexibility index (Phi) is 9.23. The van der Waals surface area contributed by atoms with Crippen LogP contribution in [0.15, 0.2) is 48.3 Å². The molecule has 0 unspecified atom stereocenters. The van der Waals surface area contributed by atoms with Crippen molar-refractivity contribution in [3.8, 4) is 34.5 Å². The molecule has 0 amide bonds. The smallest absolute Gasteiger partial charge is 0.203 e. The third-order valence-corrected chi connectivity index (χ3v) is 4.55. The van der Waals surface area contributed by atoms with Gasteiger partial charge in [-0.25, -0.2) is 0 Å². The standard InChI is InChI=1S/C25H28O8/c1-28-20-11-16(12-21(29-2)24(20)32-5)7-9-18(26)15-19(27)10-8-17-13-22(30-3)25(33-6)23(14-17)31-4/h7-15,26H,1-6H3/b9-7+,10-8+,18-15-. The van der Waals surface area contributed by atoms with E-state index in [1.165, 1.54) is 54.8 Å². The lowest BCUT2D eigenvalue weighted by molar-refractivity contribution is -0.110. The van der Waals surface area contributed by atoms with Crippen molar-refractivity contribution in [3.63, 3.8) is 0 Å². The summed E-state index contributed by atoms with van der Waals surface area (Å²) in [4.78, 5) is 12.3. The summed E-state index contributed by atoms with van der Waals surface area (Å²) in [5.74, 6) is 2.18. The Morgan fingerprint density at radius 3 is 1.33 bits per heavy atom. The van der Waals surface area contributed by atoms with Crippen LogP contribution in [0.4, 0.5) is 0 Å². The van der Waals surface area contributed by atoms with Gasteiger partial charge in [0.15, 0.2) is 28.8 Å². The molecule has 0 fully saturated rings. The van der Waals surface area contributed by atoms with Gasteiger partial charge in [0.2, 0.25) is 11.5 Å². The SMILES string of the molecule is COc1cc(/C=C/C(=O)/C=C(O)/C=C/c2cc(OC)c(OC)c(OC)c2)cc(OC)c1OC. The zero-order valence-electron chi connectivity index (χ0n) is 19.5. The van der Waals surface area contributed by atoms with Crippen LogP contribution in [0.5, 0.6) is 34.5 Å². The largest absolute Gasteiger partial charge is 0.508 e. The summed E-state index contributed by atoms with van der Waals surface area (Å²) < 4.78 is 31.8. The predicted molar refractivity (Wildman–Crippen MR) is 126 cm³/mol. The Balaban J connectivity index is 2.20. The van der Waals surface area contributed by atoms with Crippen LogP contribution in [0.25, 0.3) is 12.2 Å². The van der Waals surface area contributed by atoms with E-state index in [1.54, 1.807) is 36.4 Å². The Morgan fingerprint density at radius 2 is 1.00 bits per heavy atom. The zero-order valence-corrected chi connectivity index (χ0v) is 19.5. The van der Waals surface area contributed by atoms with Gasteiger partial charge in [-0.1, -0.05) is 12.2 Å². The molecule has 8 heteroatoms. The lowest BCUT2D eigenvalue weighted by atomic mass is 10.1. The molecular formula is C25H28O8. The summed E-state index contributed by atoms with van der Waals surface area (Å²) >= 11 is 0. The maximum atomic E-state index is 12.3. The first kappa shape index (κ1) is 25.2. The number of hydrogen-bond acceptors (Lipinski definition) is 8. The summed E-state index contributed by atoms with van der Waals surface area (Å²) in [5.41, 5.74) is 1.35. The quantitative estimate of drug-likeness (QED) is 0.301. The molecule has 0 heterocycles. The van der Waals surface area contributed by atoms with Crippen LogP contribution in [-0.2, 0) is 4.79 Å². The number of ether oxygens (including phenoxy) is 6. The average Bonchev–Trinajstić information content (AvgIpc) is 2.84. The summed E-state index contributed by atoms with van der Waals surface area (Å²) in [6.45, 7) is 0. The molecule has 176 valence electrons. The summed E-state index contributed by atoms with van der Waals surface area (Å²) in [5, 5.41) is 10.1. The number of carbonyl (C=O) groups excluding carboxylic acids is 1. The molecule has 8 nitrogen and oxygen atoms in total. The fraction of sp³-hybridized carbons (Fsp3) is 0.240. The minimum atomic E-state index is -0.407. The number of rotatable bonds is 11. The molecular weight excluding hydrogens is 428 g/mol. The van der Waals surface area contributed by atoms with Gasteiger partial charge in [-0.3, -0.25) is 4.79 Å². The normalized spacial score (nSPS) is 11.5. The van der Waals surface area contributed by atoms with Crippen molar-refractivity contribution in [1.29, 1.82) is 0 Å². The van der Waals surface area contributed by atoms with E-state index in [-0.39, 0.29) is 5.76 Å². The van der Waals surface area contributed by atoms with E-state index in [0.29, 0.717) is 45.6 Å². The van der Waals surface area contributed by atoms with Gasteiger partial charge in [-0.05, 0) is 47.5 Å². The molecule has 1 N–H and O–H groups in total. The second kappa shape index (κ2) is 12.1. The average molecular weight is 456 g/mol. The first-order valence-corrected chi connectivity index (χ1v) is 9.81. The van der Waals surface area contributed by atoms with Gasteiger partial charge in [-0.2, -0.15) is 0 Å². The molecule has 0 aromatic heterocycles. The third-order valence-electron chi connectivity index (χ3n) is 4.55. The van der Waals surface area contributed by atoms with Crippen molar-refractivity contribution >= 4 is 17.9 Å². The van der Waals surface area contributed by atoms with Crippen molar-refractivity contribution < 1.29 is 38.3 Å². The van der Waals surface area contributed by atoms with E-state index in [2.05, 4.69) is 0 Å². The molecule has 0 atom stereocenters. The van der Waals surface area contributed by atoms with Crippen molar-refractivity contribution in [3.05, 3.63) is 59.4 Å². The number of benzene rings is 2. The fourth-order valence-corrected chi connectivity index (χ4v) is 3.00. The summed E-state index contributed by atoms with van der Waals surface area (Å²) in [6, 6.07) is 6.85. The number of allylic oxidation sites excluding steroid dienone is 3. The molecule has 0 saturated carbocycles. The van der Waals surface area contributed by atoms with E-state index in [0.717, 1.165) is 6.08 Å². The summed E-state index contributed by atoms with van der Waals surface area (Å²) in [7, 11) is 9.08. The maximum absolute atomic E-state index is 12.3. The Hall–Kier alpha value is -4.07. The van der Waals surface area contributed by atoms with E-state index in [1.807, 2.05) is 0 Å². The number of methoxy groups -OCH3 is 6. The highest BCUT2D eigenvalue weighted by molar-refractivity contribution is 6.02. The molecule has 0 aliphatic carbocycles. The van der Waals surface area contributed by atoms with Crippen LogP contribution in [0.2, 0.25) is 0 Å². The number of hydrogen-bond donors (Lipinski definition) is 1. The predicted octanol–water partition coefficient (Wildman–Crippen LogP) is 4.48. The number of ketones is 1. The molecule has 2 aromatic carbocycles. The molecule has 33 heavy (non-hydrogen) atoms. The van der Waals surface area contributed by atoms with Crippen LogP contribution in [0.3, 0.4) is 0 Å². The van der Waals surface area contributed by atoms with Gasteiger partial charge in [0.1, 0.15) is 5.76 Å². The number of carbonyl (C=O) groups is 1. The van der Waals surface area contributed by atoms with E-state index in [9.17, 15) is 9.90 Å². The monoisotopic (exact) mass is 456 g/mol. The fourth-order valence-electron chi connectivity index (χ4n) is 3.00. The minimum Gasteiger partial charge on any atom is -0.508 e. The topological polar surface area (TPSA) is 92.7 Å². The Morgan fingerprint density at radius 1 is 0.636 bits per heavy atom. The van der Waals surface area contributed by atoms with Gasteiger partial charge in [0, 0.05) is 6.08 Å². The zero-order chi connectivity index (χ0) is 24.4. The lowest BCUT2D eigenvalue weighted by Gasteiger charge is -2.12. The highest BCUT2D eigenvalue weighted by Gasteiger charge is 2.13. The van der Waals surface area contributed by atoms with E-state index >= 15 is 0 Å². The van der Waals surface area contributed by atoms with Crippen LogP contribution < -0.4 is 28.4 Å². The van der Waals surface area contributed by atoms with Crippen LogP contribution in [0, 0.1) is 0 Å². The van der Waals surface area contributed by atoms with E-state index < -0.39 is 5.78 Å². The molecule has 0 saturated heterocycles. The van der Waals surface area contributed by atoms with Crippen molar-refractivity contribution in [2.24, 2.45) is 0 Å². The van der Waals surface area contributed by atoms with Gasteiger partial charge >= 0.3 is 0 Å². The molecule has 0 aliphatic heterocycles. The molecule has 0 radical (unpaired) electrons. The molecule has 2 aromatic rings. The van der Waals surface area contributed by atoms with Gasteiger partial charge in [0.05, 0.1) is 42.7 Å². The van der Waals surface area contributed by atoms with Crippen molar-refractivity contribution in [1.82, 2.24) is 0 Å². The van der Waals surface area contributed by atoms with E-state index in [4.69, 9.17) is 28.4 Å². The third kappa shape index (κ3) is 6.46. The van der Waals surface area contributed by atoms with Crippen LogP contribution in [-0.4, -0.2) is 53.5 Å². The van der Waals surface area contributed by atoms with Crippen LogP contribution in [0.1, 0.15) is 11.1 Å².